The minimum absolute atomic E-state index is 0.206. The van der Waals surface area contributed by atoms with E-state index >= 15 is 0 Å². The lowest BCUT2D eigenvalue weighted by molar-refractivity contribution is -0.909. The van der Waals surface area contributed by atoms with E-state index in [4.69, 9.17) is 0 Å². The predicted octanol–water partition coefficient (Wildman–Crippen LogP) is 2.25. The third kappa shape index (κ3) is 3.58. The van der Waals surface area contributed by atoms with Gasteiger partial charge in [0.15, 0.2) is 17.0 Å². The van der Waals surface area contributed by atoms with Crippen molar-refractivity contribution in [3.63, 3.8) is 0 Å². The minimum Gasteiger partial charge on any atom is -0.348 e. The molecular formula is C19H24F2N7O+. The number of halogens is 2. The highest BCUT2D eigenvalue weighted by atomic mass is 19.3. The zero-order valence-corrected chi connectivity index (χ0v) is 16.9. The number of alkyl halides is 2. The van der Waals surface area contributed by atoms with Crippen molar-refractivity contribution >= 4 is 17.0 Å². The Balaban J connectivity index is 1.84. The number of hydrogen-bond donors (Lipinski definition) is 1. The summed E-state index contributed by atoms with van der Waals surface area (Å²) in [6.45, 7) is 7.86. The number of hydrogen-bond acceptors (Lipinski definition) is 6. The van der Waals surface area contributed by atoms with E-state index < -0.39 is 12.5 Å². The van der Waals surface area contributed by atoms with E-state index in [1.54, 1.807) is 28.8 Å². The molecule has 0 saturated carbocycles. The summed E-state index contributed by atoms with van der Waals surface area (Å²) in [7, 11) is 0. The summed E-state index contributed by atoms with van der Waals surface area (Å²) < 4.78 is 30.3. The second kappa shape index (κ2) is 6.57. The van der Waals surface area contributed by atoms with Crippen molar-refractivity contribution in [2.45, 2.75) is 52.0 Å². The van der Waals surface area contributed by atoms with Gasteiger partial charge in [0, 0.05) is 41.7 Å². The van der Waals surface area contributed by atoms with Crippen molar-refractivity contribution in [1.82, 2.24) is 25.0 Å². The highest BCUT2D eigenvalue weighted by Crippen LogP contribution is 2.34. The van der Waals surface area contributed by atoms with Crippen molar-refractivity contribution in [3.05, 3.63) is 35.4 Å². The molecule has 0 amide bonds. The highest BCUT2D eigenvalue weighted by molar-refractivity contribution is 5.83. The zero-order chi connectivity index (χ0) is 21.0. The molecule has 0 atom stereocenters. The topological polar surface area (TPSA) is 83.8 Å². The molecule has 0 spiro atoms. The molecule has 3 aromatic heterocycles. The maximum absolute atomic E-state index is 13.8. The van der Waals surface area contributed by atoms with Crippen LogP contribution in [-0.2, 0) is 12.0 Å². The van der Waals surface area contributed by atoms with Crippen LogP contribution >= 0.6 is 0 Å². The van der Waals surface area contributed by atoms with Crippen LogP contribution in [0, 0.1) is 6.92 Å². The predicted molar refractivity (Wildman–Crippen MR) is 101 cm³/mol. The van der Waals surface area contributed by atoms with Gasteiger partial charge in [0.05, 0.1) is 13.1 Å². The van der Waals surface area contributed by atoms with Crippen LogP contribution in [0.25, 0.3) is 11.2 Å². The Labute approximate surface area is 166 Å². The van der Waals surface area contributed by atoms with Gasteiger partial charge >= 0.3 is 0 Å². The number of fused-ring (bicyclic) bond motifs is 1. The lowest BCUT2D eigenvalue weighted by atomic mass is 9.96. The molecule has 0 aliphatic carbocycles. The largest absolute Gasteiger partial charge is 0.348 e. The molecule has 0 bridgehead atoms. The van der Waals surface area contributed by atoms with Crippen LogP contribution in [0.1, 0.15) is 44.3 Å². The van der Waals surface area contributed by atoms with Crippen LogP contribution in [0.5, 0.6) is 0 Å². The normalized spacial score (nSPS) is 16.7. The summed E-state index contributed by atoms with van der Waals surface area (Å²) in [5.74, 6) is -1.81. The number of rotatable bonds is 3. The van der Waals surface area contributed by atoms with Gasteiger partial charge in [-0.05, 0) is 6.07 Å². The van der Waals surface area contributed by atoms with Crippen molar-refractivity contribution in [1.29, 1.82) is 0 Å². The van der Waals surface area contributed by atoms with Gasteiger partial charge in [0.1, 0.15) is 5.82 Å². The van der Waals surface area contributed by atoms with E-state index in [9.17, 15) is 14.0 Å². The Morgan fingerprint density at radius 3 is 2.69 bits per heavy atom. The van der Waals surface area contributed by atoms with Gasteiger partial charge in [-0.1, -0.05) is 26.0 Å². The Kier molecular flexibility index (Phi) is 4.39. The maximum atomic E-state index is 13.8. The molecule has 8 nitrogen and oxygen atoms in total. The molecule has 1 aliphatic rings. The summed E-state index contributed by atoms with van der Waals surface area (Å²) in [5.41, 5.74) is 2.02. The molecule has 4 rings (SSSR count). The molecule has 10 heteroatoms. The summed E-state index contributed by atoms with van der Waals surface area (Å²) >= 11 is 0. The number of anilines is 1. The molecule has 1 N–H and O–H groups in total. The van der Waals surface area contributed by atoms with Crippen molar-refractivity contribution in [2.75, 3.05) is 18.0 Å². The van der Waals surface area contributed by atoms with Gasteiger partial charge in [0.25, 0.3) is 5.92 Å². The molecule has 0 unspecified atom stereocenters. The monoisotopic (exact) mass is 404 g/mol. The van der Waals surface area contributed by atoms with E-state index in [0.29, 0.717) is 35.0 Å². The average Bonchev–Trinajstić information content (AvgIpc) is 3.20. The highest BCUT2D eigenvalue weighted by Gasteiger charge is 2.40. The van der Waals surface area contributed by atoms with E-state index in [2.05, 4.69) is 20.3 Å². The van der Waals surface area contributed by atoms with E-state index in [-0.39, 0.29) is 18.4 Å². The van der Waals surface area contributed by atoms with Gasteiger partial charge in [-0.15, -0.1) is 5.10 Å². The van der Waals surface area contributed by atoms with Gasteiger partial charge in [0.2, 0.25) is 11.9 Å². The third-order valence-corrected chi connectivity index (χ3v) is 5.14. The molecule has 1 aliphatic heterocycles. The van der Waals surface area contributed by atoms with Crippen molar-refractivity contribution in [2.24, 2.45) is 0 Å². The average molecular weight is 404 g/mol. The van der Waals surface area contributed by atoms with Crippen LogP contribution in [-0.4, -0.2) is 49.2 Å². The first-order chi connectivity index (χ1) is 13.5. The van der Waals surface area contributed by atoms with Crippen LogP contribution in [0.4, 0.5) is 14.6 Å². The molecule has 3 aromatic rings. The lowest BCUT2D eigenvalue weighted by Crippen LogP contribution is -2.34. The Hall–Kier alpha value is -2.91. The van der Waals surface area contributed by atoms with E-state index in [1.165, 1.54) is 0 Å². The smallest absolute Gasteiger partial charge is 0.266 e. The van der Waals surface area contributed by atoms with Crippen LogP contribution < -0.4 is 9.63 Å². The molecular weight excluding hydrogens is 380 g/mol. The molecule has 0 aromatic carbocycles. The van der Waals surface area contributed by atoms with E-state index in [0.717, 1.165) is 10.3 Å². The second-order valence-corrected chi connectivity index (χ2v) is 8.53. The van der Waals surface area contributed by atoms with Gasteiger partial charge in [-0.25, -0.2) is 23.4 Å². The first-order valence-electron chi connectivity index (χ1n) is 9.49. The Bertz CT molecular complexity index is 1070. The molecule has 1 saturated heterocycles. The number of nitrogens with zero attached hydrogens (tertiary/aromatic N) is 7. The SMILES string of the molecule is Cc1c(Cn2nnc3c(N4CCC(F)(F)C4)nc(C(C)(C)C)nc32)ccc[n+]1O. The van der Waals surface area contributed by atoms with Gasteiger partial charge < -0.3 is 4.90 Å². The Morgan fingerprint density at radius 2 is 2.03 bits per heavy atom. The Morgan fingerprint density at radius 1 is 1.28 bits per heavy atom. The summed E-state index contributed by atoms with van der Waals surface area (Å²) in [6.07, 6.45) is 1.33. The molecule has 154 valence electrons. The number of aromatic nitrogens is 6. The lowest BCUT2D eigenvalue weighted by Gasteiger charge is -2.22. The van der Waals surface area contributed by atoms with Gasteiger partial charge in [-0.2, -0.15) is 0 Å². The van der Waals surface area contributed by atoms with E-state index in [1.807, 2.05) is 26.8 Å². The van der Waals surface area contributed by atoms with Crippen LogP contribution in [0.3, 0.4) is 0 Å². The quantitative estimate of drug-likeness (QED) is 0.533. The fraction of sp³-hybridized carbons (Fsp3) is 0.526. The summed E-state index contributed by atoms with van der Waals surface area (Å²) in [6, 6.07) is 3.61. The number of pyridine rings is 1. The van der Waals surface area contributed by atoms with Crippen molar-refractivity contribution in [3.8, 4) is 0 Å². The molecule has 4 heterocycles. The van der Waals surface area contributed by atoms with Crippen molar-refractivity contribution < 1.29 is 18.7 Å². The van der Waals surface area contributed by atoms with Crippen LogP contribution in [0.15, 0.2) is 18.3 Å². The summed E-state index contributed by atoms with van der Waals surface area (Å²) in [5, 5.41) is 18.3. The minimum atomic E-state index is -2.74. The second-order valence-electron chi connectivity index (χ2n) is 8.53. The van der Waals surface area contributed by atoms with Crippen LogP contribution in [0.2, 0.25) is 0 Å². The molecule has 1 fully saturated rings. The fourth-order valence-corrected chi connectivity index (χ4v) is 3.37. The fourth-order valence-electron chi connectivity index (χ4n) is 3.37. The standard InChI is InChI=1S/C19H24F2N7O/c1-12-13(6-5-8-28(12)29)10-27-16-14(24-25-27)15(22-17(23-16)18(2,3)4)26-9-7-19(20,21)11-26/h5-6,8,29H,7,9-11H2,1-4H3/q+1. The molecule has 29 heavy (non-hydrogen) atoms. The first kappa shape index (κ1) is 19.4. The molecule has 0 radical (unpaired) electrons. The maximum Gasteiger partial charge on any atom is 0.266 e. The third-order valence-electron chi connectivity index (χ3n) is 5.14. The zero-order valence-electron chi connectivity index (χ0n) is 16.9. The van der Waals surface area contributed by atoms with Gasteiger partial charge in [-0.3, -0.25) is 5.21 Å². The first-order valence-corrected chi connectivity index (χ1v) is 9.49. The summed E-state index contributed by atoms with van der Waals surface area (Å²) in [4.78, 5) is 10.8.